The molecule has 6 heteroatoms. The van der Waals surface area contributed by atoms with Crippen molar-refractivity contribution in [2.24, 2.45) is 0 Å². The fourth-order valence-electron chi connectivity index (χ4n) is 3.28. The van der Waals surface area contributed by atoms with Gasteiger partial charge in [0, 0.05) is 17.8 Å². The maximum absolute atomic E-state index is 12.6. The molecule has 132 valence electrons. The summed E-state index contributed by atoms with van der Waals surface area (Å²) in [6.45, 7) is 4.81. The number of hydrogen-bond acceptors (Lipinski definition) is 5. The van der Waals surface area contributed by atoms with Crippen molar-refractivity contribution in [1.82, 2.24) is 10.2 Å². The lowest BCUT2D eigenvalue weighted by molar-refractivity contribution is -0.116. The molecule has 1 aromatic heterocycles. The maximum atomic E-state index is 12.6. The smallest absolute Gasteiger partial charge is 0.277 e. The van der Waals surface area contributed by atoms with E-state index in [-0.39, 0.29) is 11.7 Å². The second kappa shape index (κ2) is 6.96. The summed E-state index contributed by atoms with van der Waals surface area (Å²) in [5.41, 5.74) is 5.44. The summed E-state index contributed by atoms with van der Waals surface area (Å²) in [4.78, 5) is 14.4. The minimum Gasteiger partial charge on any atom is -0.411 e. The first-order valence-electron chi connectivity index (χ1n) is 8.53. The Bertz CT molecular complexity index is 947. The van der Waals surface area contributed by atoms with Crippen molar-refractivity contribution >= 4 is 23.4 Å². The van der Waals surface area contributed by atoms with Gasteiger partial charge in [-0.15, -0.1) is 10.2 Å². The Hall–Kier alpha value is -2.60. The number of fused-ring (bicyclic) bond motifs is 1. The standard InChI is InChI=1S/C20H19N3O2S/c1-13-9-14(2)11-16(10-13)19-21-22-20(25-19)26-12-18(24)23-8-7-15-5-3-4-6-17(15)23/h3-6,9-11H,7-8,12H2,1-2H3. The number of aryl methyl sites for hydroxylation is 2. The topological polar surface area (TPSA) is 59.2 Å². The van der Waals surface area contributed by atoms with Gasteiger partial charge in [0.1, 0.15) is 0 Å². The molecule has 1 amide bonds. The summed E-state index contributed by atoms with van der Waals surface area (Å²) in [7, 11) is 0. The number of carbonyl (C=O) groups excluding carboxylic acids is 1. The summed E-state index contributed by atoms with van der Waals surface area (Å²) in [5.74, 6) is 0.826. The van der Waals surface area contributed by atoms with E-state index in [9.17, 15) is 4.79 Å². The lowest BCUT2D eigenvalue weighted by atomic mass is 10.1. The Balaban J connectivity index is 1.43. The number of nitrogens with zero attached hydrogens (tertiary/aromatic N) is 3. The second-order valence-corrected chi connectivity index (χ2v) is 7.39. The Morgan fingerprint density at radius 2 is 1.92 bits per heavy atom. The molecule has 0 saturated heterocycles. The van der Waals surface area contributed by atoms with E-state index in [1.165, 1.54) is 17.3 Å². The first-order valence-corrected chi connectivity index (χ1v) is 9.52. The highest BCUT2D eigenvalue weighted by Gasteiger charge is 2.24. The van der Waals surface area contributed by atoms with Crippen LogP contribution in [0, 0.1) is 13.8 Å². The van der Waals surface area contributed by atoms with Crippen LogP contribution in [0.25, 0.3) is 11.5 Å². The number of aromatic nitrogens is 2. The molecular formula is C20H19N3O2S. The van der Waals surface area contributed by atoms with Gasteiger partial charge in [-0.25, -0.2) is 0 Å². The van der Waals surface area contributed by atoms with Crippen LogP contribution in [0.4, 0.5) is 5.69 Å². The van der Waals surface area contributed by atoms with Crippen molar-refractivity contribution in [3.05, 3.63) is 59.2 Å². The minimum atomic E-state index is 0.0612. The predicted octanol–water partition coefficient (Wildman–Crippen LogP) is 4.03. The number of carbonyl (C=O) groups is 1. The van der Waals surface area contributed by atoms with E-state index in [1.807, 2.05) is 49.1 Å². The van der Waals surface area contributed by atoms with E-state index in [0.717, 1.165) is 35.3 Å². The van der Waals surface area contributed by atoms with Gasteiger partial charge >= 0.3 is 0 Å². The van der Waals surface area contributed by atoms with Crippen LogP contribution in [0.5, 0.6) is 0 Å². The summed E-state index contributed by atoms with van der Waals surface area (Å²) >= 11 is 1.28. The van der Waals surface area contributed by atoms with Gasteiger partial charge in [0.15, 0.2) is 0 Å². The highest BCUT2D eigenvalue weighted by Crippen LogP contribution is 2.29. The Kier molecular flexibility index (Phi) is 4.51. The van der Waals surface area contributed by atoms with Crippen LogP contribution in [0.15, 0.2) is 52.1 Å². The Morgan fingerprint density at radius 1 is 1.15 bits per heavy atom. The molecule has 0 bridgehead atoms. The minimum absolute atomic E-state index is 0.0612. The van der Waals surface area contributed by atoms with Gasteiger partial charge in [0.2, 0.25) is 11.8 Å². The number of para-hydroxylation sites is 1. The molecule has 2 heterocycles. The highest BCUT2D eigenvalue weighted by molar-refractivity contribution is 7.99. The number of rotatable bonds is 4. The van der Waals surface area contributed by atoms with Crippen LogP contribution < -0.4 is 4.90 Å². The average molecular weight is 365 g/mol. The molecule has 0 spiro atoms. The fraction of sp³-hybridized carbons (Fsp3) is 0.250. The first kappa shape index (κ1) is 16.8. The maximum Gasteiger partial charge on any atom is 0.277 e. The highest BCUT2D eigenvalue weighted by atomic mass is 32.2. The molecule has 0 saturated carbocycles. The van der Waals surface area contributed by atoms with E-state index >= 15 is 0 Å². The molecule has 5 nitrogen and oxygen atoms in total. The molecule has 3 aromatic rings. The normalized spacial score (nSPS) is 13.1. The largest absolute Gasteiger partial charge is 0.411 e. The third-order valence-electron chi connectivity index (χ3n) is 4.38. The third kappa shape index (κ3) is 3.37. The molecule has 0 N–H and O–H groups in total. The van der Waals surface area contributed by atoms with E-state index in [4.69, 9.17) is 4.42 Å². The Labute approximate surface area is 156 Å². The molecular weight excluding hydrogens is 346 g/mol. The molecule has 2 aromatic carbocycles. The van der Waals surface area contributed by atoms with Crippen molar-refractivity contribution < 1.29 is 9.21 Å². The van der Waals surface area contributed by atoms with Crippen LogP contribution in [0.2, 0.25) is 0 Å². The van der Waals surface area contributed by atoms with Gasteiger partial charge in [-0.3, -0.25) is 4.79 Å². The van der Waals surface area contributed by atoms with E-state index in [1.54, 1.807) is 0 Å². The van der Waals surface area contributed by atoms with Crippen LogP contribution in [0.3, 0.4) is 0 Å². The molecule has 26 heavy (non-hydrogen) atoms. The molecule has 1 aliphatic rings. The number of hydrogen-bond donors (Lipinski definition) is 0. The van der Waals surface area contributed by atoms with Gasteiger partial charge in [0.05, 0.1) is 5.75 Å². The Morgan fingerprint density at radius 3 is 2.73 bits per heavy atom. The second-order valence-electron chi connectivity index (χ2n) is 6.46. The molecule has 0 atom stereocenters. The molecule has 0 fully saturated rings. The van der Waals surface area contributed by atoms with Crippen LogP contribution in [0.1, 0.15) is 16.7 Å². The zero-order valence-electron chi connectivity index (χ0n) is 14.7. The SMILES string of the molecule is Cc1cc(C)cc(-c2nnc(SCC(=O)N3CCc4ccccc43)o2)c1. The van der Waals surface area contributed by atoms with Crippen molar-refractivity contribution in [2.75, 3.05) is 17.2 Å². The van der Waals surface area contributed by atoms with Gasteiger partial charge in [-0.05, 0) is 44.0 Å². The van der Waals surface area contributed by atoms with E-state index < -0.39 is 0 Å². The van der Waals surface area contributed by atoms with Crippen LogP contribution >= 0.6 is 11.8 Å². The van der Waals surface area contributed by atoms with Gasteiger partial charge in [-0.2, -0.15) is 0 Å². The lowest BCUT2D eigenvalue weighted by Crippen LogP contribution is -2.30. The van der Waals surface area contributed by atoms with Crippen LogP contribution in [-0.2, 0) is 11.2 Å². The average Bonchev–Trinajstić information content (AvgIpc) is 3.26. The summed E-state index contributed by atoms with van der Waals surface area (Å²) in [6.07, 6.45) is 0.907. The predicted molar refractivity (Wildman–Crippen MR) is 102 cm³/mol. The first-order chi connectivity index (χ1) is 12.6. The van der Waals surface area contributed by atoms with Crippen molar-refractivity contribution in [2.45, 2.75) is 25.5 Å². The van der Waals surface area contributed by atoms with Crippen molar-refractivity contribution in [3.63, 3.8) is 0 Å². The zero-order valence-corrected chi connectivity index (χ0v) is 15.5. The molecule has 4 rings (SSSR count). The lowest BCUT2D eigenvalue weighted by Gasteiger charge is -2.16. The number of amides is 1. The van der Waals surface area contributed by atoms with Gasteiger partial charge in [-0.1, -0.05) is 47.2 Å². The fourth-order valence-corrected chi connectivity index (χ4v) is 3.92. The molecule has 0 radical (unpaired) electrons. The van der Waals surface area contributed by atoms with Gasteiger partial charge in [0.25, 0.3) is 5.22 Å². The molecule has 0 aliphatic carbocycles. The van der Waals surface area contributed by atoms with E-state index in [2.05, 4.69) is 22.3 Å². The quantitative estimate of drug-likeness (QED) is 0.653. The van der Waals surface area contributed by atoms with Crippen molar-refractivity contribution in [1.29, 1.82) is 0 Å². The monoisotopic (exact) mass is 365 g/mol. The van der Waals surface area contributed by atoms with Gasteiger partial charge < -0.3 is 9.32 Å². The number of benzene rings is 2. The molecule has 0 unspecified atom stereocenters. The number of anilines is 1. The third-order valence-corrected chi connectivity index (χ3v) is 5.19. The summed E-state index contributed by atoms with van der Waals surface area (Å²) < 4.78 is 5.73. The molecule has 1 aliphatic heterocycles. The van der Waals surface area contributed by atoms with Crippen molar-refractivity contribution in [3.8, 4) is 11.5 Å². The summed E-state index contributed by atoms with van der Waals surface area (Å²) in [5, 5.41) is 8.60. The summed E-state index contributed by atoms with van der Waals surface area (Å²) in [6, 6.07) is 14.2. The number of thioether (sulfide) groups is 1. The zero-order chi connectivity index (χ0) is 18.1. The van der Waals surface area contributed by atoms with Crippen LogP contribution in [-0.4, -0.2) is 28.4 Å². The van der Waals surface area contributed by atoms with E-state index in [0.29, 0.717) is 11.1 Å².